The fraction of sp³-hybridized carbons (Fsp3) is 0.625. The molecule has 2 unspecified atom stereocenters. The van der Waals surface area contributed by atoms with E-state index in [2.05, 4.69) is 20.6 Å². The lowest BCUT2D eigenvalue weighted by Crippen LogP contribution is -2.44. The van der Waals surface area contributed by atoms with Crippen LogP contribution in [0.3, 0.4) is 0 Å². The zero-order valence-electron chi connectivity index (χ0n) is 9.03. The van der Waals surface area contributed by atoms with Crippen molar-refractivity contribution < 1.29 is 19.4 Å². The first-order valence-corrected chi connectivity index (χ1v) is 4.92. The summed E-state index contributed by atoms with van der Waals surface area (Å²) >= 11 is 0. The number of tetrazole rings is 1. The summed E-state index contributed by atoms with van der Waals surface area (Å²) in [5, 5.41) is 21.5. The summed E-state index contributed by atoms with van der Waals surface area (Å²) < 4.78 is 5.08. The van der Waals surface area contributed by atoms with Crippen molar-refractivity contribution in [2.24, 2.45) is 5.92 Å². The Morgan fingerprint density at radius 2 is 2.29 bits per heavy atom. The fourth-order valence-corrected chi connectivity index (χ4v) is 1.72. The molecule has 2 atom stereocenters. The van der Waals surface area contributed by atoms with E-state index < -0.39 is 23.8 Å². The Hall–Kier alpha value is -2.03. The normalized spacial score (nSPS) is 23.6. The number of rotatable bonds is 3. The van der Waals surface area contributed by atoms with Crippen molar-refractivity contribution >= 4 is 11.9 Å². The highest BCUT2D eigenvalue weighted by Gasteiger charge is 2.39. The van der Waals surface area contributed by atoms with E-state index >= 15 is 0 Å². The van der Waals surface area contributed by atoms with Crippen LogP contribution in [0, 0.1) is 5.92 Å². The second-order valence-corrected chi connectivity index (χ2v) is 3.70. The molecule has 92 valence electrons. The fourth-order valence-electron chi connectivity index (χ4n) is 1.72. The topological polar surface area (TPSA) is 121 Å². The highest BCUT2D eigenvalue weighted by atomic mass is 16.5. The lowest BCUT2D eigenvalue weighted by molar-refractivity contribution is -0.142. The summed E-state index contributed by atoms with van der Waals surface area (Å²) in [5.74, 6) is -2.29. The van der Waals surface area contributed by atoms with Crippen LogP contribution in [0.5, 0.6) is 0 Å². The van der Waals surface area contributed by atoms with Gasteiger partial charge < -0.3 is 14.7 Å². The van der Waals surface area contributed by atoms with E-state index in [1.54, 1.807) is 0 Å². The smallest absolute Gasteiger partial charge is 0.311 e. The Balaban J connectivity index is 2.12. The Morgan fingerprint density at radius 3 is 2.88 bits per heavy atom. The molecule has 9 nitrogen and oxygen atoms in total. The van der Waals surface area contributed by atoms with Gasteiger partial charge in [0.1, 0.15) is 5.92 Å². The third-order valence-electron chi connectivity index (χ3n) is 2.72. The van der Waals surface area contributed by atoms with Gasteiger partial charge in [0.25, 0.3) is 11.7 Å². The molecule has 2 heterocycles. The number of aromatic amines is 1. The molecule has 1 saturated heterocycles. The summed E-state index contributed by atoms with van der Waals surface area (Å²) in [6.07, 6.45) is 0. The van der Waals surface area contributed by atoms with Gasteiger partial charge in [-0.05, 0) is 5.21 Å². The first-order chi connectivity index (χ1) is 8.11. The molecular weight excluding hydrogens is 230 g/mol. The monoisotopic (exact) mass is 241 g/mol. The van der Waals surface area contributed by atoms with Crippen molar-refractivity contribution in [2.75, 3.05) is 20.3 Å². The first-order valence-electron chi connectivity index (χ1n) is 4.92. The van der Waals surface area contributed by atoms with Crippen molar-refractivity contribution in [3.05, 3.63) is 5.82 Å². The Kier molecular flexibility index (Phi) is 3.00. The lowest BCUT2D eigenvalue weighted by Gasteiger charge is -2.24. The summed E-state index contributed by atoms with van der Waals surface area (Å²) in [6.45, 7) is 0.293. The first kappa shape index (κ1) is 11.5. The summed E-state index contributed by atoms with van der Waals surface area (Å²) in [6, 6.07) is -0.515. The largest absolute Gasteiger partial charge is 0.481 e. The van der Waals surface area contributed by atoms with E-state index in [0.717, 1.165) is 0 Å². The molecule has 1 aliphatic heterocycles. The number of H-pyrrole nitrogens is 1. The Bertz CT molecular complexity index is 420. The van der Waals surface area contributed by atoms with Crippen molar-refractivity contribution in [2.45, 2.75) is 6.04 Å². The number of nitrogens with zero attached hydrogens (tertiary/aromatic N) is 4. The maximum atomic E-state index is 11.9. The van der Waals surface area contributed by atoms with Gasteiger partial charge in [0.2, 0.25) is 0 Å². The third kappa shape index (κ3) is 2.09. The number of hydrogen-bond donors (Lipinski definition) is 2. The van der Waals surface area contributed by atoms with E-state index in [-0.39, 0.29) is 19.0 Å². The highest BCUT2D eigenvalue weighted by molar-refractivity contribution is 5.90. The molecule has 1 fully saturated rings. The van der Waals surface area contributed by atoms with Gasteiger partial charge in [-0.1, -0.05) is 0 Å². The van der Waals surface area contributed by atoms with Crippen molar-refractivity contribution in [1.82, 2.24) is 25.5 Å². The lowest BCUT2D eigenvalue weighted by atomic mass is 10.0. The molecule has 17 heavy (non-hydrogen) atoms. The Morgan fingerprint density at radius 1 is 1.53 bits per heavy atom. The zero-order valence-corrected chi connectivity index (χ0v) is 9.03. The van der Waals surface area contributed by atoms with E-state index in [0.29, 0.717) is 0 Å². The maximum absolute atomic E-state index is 11.9. The number of nitrogens with one attached hydrogen (secondary N) is 1. The molecule has 0 saturated carbocycles. The minimum Gasteiger partial charge on any atom is -0.481 e. The van der Waals surface area contributed by atoms with Gasteiger partial charge in [0.05, 0.1) is 19.3 Å². The van der Waals surface area contributed by atoms with Crippen molar-refractivity contribution in [3.63, 3.8) is 0 Å². The molecule has 0 aromatic carbocycles. The molecule has 0 spiro atoms. The number of carboxylic acids is 1. The number of hydrogen-bond acceptors (Lipinski definition) is 6. The van der Waals surface area contributed by atoms with Gasteiger partial charge in [-0.3, -0.25) is 9.59 Å². The molecule has 0 radical (unpaired) electrons. The molecule has 0 aliphatic carbocycles. The molecule has 9 heteroatoms. The predicted octanol–water partition coefficient (Wildman–Crippen LogP) is -1.63. The van der Waals surface area contributed by atoms with Crippen molar-refractivity contribution in [3.8, 4) is 0 Å². The van der Waals surface area contributed by atoms with Crippen LogP contribution in [0.1, 0.15) is 10.6 Å². The Labute approximate surface area is 95.7 Å². The van der Waals surface area contributed by atoms with Crippen LogP contribution >= 0.6 is 0 Å². The molecule has 1 amide bonds. The van der Waals surface area contributed by atoms with E-state index in [4.69, 9.17) is 9.84 Å². The summed E-state index contributed by atoms with van der Waals surface area (Å²) in [4.78, 5) is 24.1. The molecule has 1 aromatic rings. The van der Waals surface area contributed by atoms with Crippen LogP contribution in [0.4, 0.5) is 0 Å². The number of carboxylic acid groups (broad SMARTS) is 1. The van der Waals surface area contributed by atoms with E-state index in [9.17, 15) is 9.59 Å². The van der Waals surface area contributed by atoms with Gasteiger partial charge in [-0.15, -0.1) is 10.2 Å². The maximum Gasteiger partial charge on any atom is 0.311 e. The van der Waals surface area contributed by atoms with Gasteiger partial charge >= 0.3 is 5.97 Å². The number of ether oxygens (including phenoxy) is 1. The highest BCUT2D eigenvalue weighted by Crippen LogP contribution is 2.19. The van der Waals surface area contributed by atoms with Crippen LogP contribution in [0.2, 0.25) is 0 Å². The van der Waals surface area contributed by atoms with Gasteiger partial charge in [-0.2, -0.15) is 5.21 Å². The average Bonchev–Trinajstić information content (AvgIpc) is 2.97. The van der Waals surface area contributed by atoms with Crippen LogP contribution < -0.4 is 0 Å². The second-order valence-electron chi connectivity index (χ2n) is 3.70. The van der Waals surface area contributed by atoms with Crippen LogP contribution in [-0.2, 0) is 9.53 Å². The summed E-state index contributed by atoms with van der Waals surface area (Å²) in [5.41, 5.74) is 0. The van der Waals surface area contributed by atoms with Crippen molar-refractivity contribution in [1.29, 1.82) is 0 Å². The second kappa shape index (κ2) is 4.45. The number of likely N-dealkylation sites (N-methyl/N-ethyl adjacent to an activating group) is 1. The number of aromatic nitrogens is 4. The minimum atomic E-state index is -0.986. The van der Waals surface area contributed by atoms with E-state index in [1.807, 2.05) is 0 Å². The van der Waals surface area contributed by atoms with Gasteiger partial charge in [0, 0.05) is 7.05 Å². The van der Waals surface area contributed by atoms with Gasteiger partial charge in [-0.25, -0.2) is 0 Å². The predicted molar refractivity (Wildman–Crippen MR) is 52.0 cm³/mol. The van der Waals surface area contributed by atoms with Crippen LogP contribution in [-0.4, -0.2) is 68.8 Å². The number of aliphatic carboxylic acids is 1. The van der Waals surface area contributed by atoms with Crippen LogP contribution in [0.15, 0.2) is 0 Å². The number of carbonyl (C=O) groups excluding carboxylic acids is 1. The zero-order chi connectivity index (χ0) is 12.4. The molecule has 1 aliphatic rings. The molecule has 0 bridgehead atoms. The minimum absolute atomic E-state index is 0.0939. The number of amides is 1. The molecule has 2 rings (SSSR count). The molecule has 2 N–H and O–H groups in total. The number of carbonyl (C=O) groups is 2. The summed E-state index contributed by atoms with van der Waals surface area (Å²) in [7, 11) is 1.49. The standard InChI is InChI=1S/C8H11N5O4/c1-13(7(14)6-9-11-12-10-6)5-3-17-2-4(5)8(15)16/h4-5H,2-3H2,1H3,(H,15,16)(H,9,10,11,12). The molecule has 1 aromatic heterocycles. The SMILES string of the molecule is CN(C(=O)c1nn[nH]n1)C1COCC1C(=O)O. The van der Waals surface area contributed by atoms with Crippen LogP contribution in [0.25, 0.3) is 0 Å². The third-order valence-corrected chi connectivity index (χ3v) is 2.72. The average molecular weight is 241 g/mol. The van der Waals surface area contributed by atoms with Gasteiger partial charge in [0.15, 0.2) is 0 Å². The van der Waals surface area contributed by atoms with E-state index in [1.165, 1.54) is 11.9 Å². The quantitative estimate of drug-likeness (QED) is 0.651. The molecular formula is C8H11N5O4.